The van der Waals surface area contributed by atoms with E-state index in [2.05, 4.69) is 25.9 Å². The van der Waals surface area contributed by atoms with Crippen LogP contribution < -0.4 is 10.3 Å². The molecule has 2 aromatic heterocycles. The van der Waals surface area contributed by atoms with Gasteiger partial charge in [0.05, 0.1) is 25.7 Å². The summed E-state index contributed by atoms with van der Waals surface area (Å²) >= 11 is 3.16. The number of nitrogens with zero attached hydrogens (tertiary/aromatic N) is 3. The summed E-state index contributed by atoms with van der Waals surface area (Å²) in [6.07, 6.45) is 2.96. The van der Waals surface area contributed by atoms with Crippen molar-refractivity contribution in [3.8, 4) is 5.75 Å². The summed E-state index contributed by atoms with van der Waals surface area (Å²) in [6, 6.07) is 3.64. The lowest BCUT2D eigenvalue weighted by atomic mass is 10.3. The first-order chi connectivity index (χ1) is 8.60. The molecule has 18 heavy (non-hydrogen) atoms. The van der Waals surface area contributed by atoms with Crippen molar-refractivity contribution in [1.82, 2.24) is 14.5 Å². The molecule has 0 bridgehead atoms. The molecular weight excluding hydrogens is 298 g/mol. The van der Waals surface area contributed by atoms with E-state index in [9.17, 15) is 4.79 Å². The Hall–Kier alpha value is -1.69. The van der Waals surface area contributed by atoms with Gasteiger partial charge in [-0.15, -0.1) is 0 Å². The van der Waals surface area contributed by atoms with Crippen molar-refractivity contribution < 1.29 is 4.74 Å². The Morgan fingerprint density at radius 3 is 2.94 bits per heavy atom. The fourth-order valence-electron chi connectivity index (χ4n) is 1.61. The Bertz CT molecular complexity index is 625. The first-order valence-corrected chi connectivity index (χ1v) is 6.11. The van der Waals surface area contributed by atoms with Crippen LogP contribution in [-0.4, -0.2) is 21.6 Å². The lowest BCUT2D eigenvalue weighted by Crippen LogP contribution is -2.21. The third kappa shape index (κ3) is 2.76. The minimum absolute atomic E-state index is 0.132. The quantitative estimate of drug-likeness (QED) is 0.867. The lowest BCUT2D eigenvalue weighted by molar-refractivity contribution is 0.412. The minimum atomic E-state index is -0.132. The van der Waals surface area contributed by atoms with Gasteiger partial charge in [0.15, 0.2) is 0 Å². The zero-order valence-electron chi connectivity index (χ0n) is 10.1. The molecule has 0 N–H and O–H groups in total. The molecule has 0 aliphatic heterocycles. The molecule has 0 aromatic carbocycles. The normalized spacial score (nSPS) is 10.4. The van der Waals surface area contributed by atoms with Crippen molar-refractivity contribution in [1.29, 1.82) is 0 Å². The van der Waals surface area contributed by atoms with E-state index in [1.807, 2.05) is 13.0 Å². The largest absolute Gasteiger partial charge is 0.497 e. The predicted octanol–water partition coefficient (Wildman–Crippen LogP) is 1.77. The molecule has 94 valence electrons. The number of rotatable bonds is 3. The van der Waals surface area contributed by atoms with Crippen LogP contribution in [0.15, 0.2) is 33.9 Å². The summed E-state index contributed by atoms with van der Waals surface area (Å²) in [5.41, 5.74) is 1.47. The van der Waals surface area contributed by atoms with Crippen molar-refractivity contribution in [3.05, 3.63) is 50.9 Å². The highest BCUT2D eigenvalue weighted by atomic mass is 79.9. The number of methoxy groups -OCH3 is 1. The van der Waals surface area contributed by atoms with Crippen molar-refractivity contribution >= 4 is 15.9 Å². The fourth-order valence-corrected chi connectivity index (χ4v) is 1.96. The van der Waals surface area contributed by atoms with Crippen LogP contribution >= 0.6 is 15.9 Å². The van der Waals surface area contributed by atoms with Crippen LogP contribution in [0.2, 0.25) is 0 Å². The molecular formula is C12H12BrN3O2. The summed E-state index contributed by atoms with van der Waals surface area (Å²) in [6.45, 7) is 2.25. The average molecular weight is 310 g/mol. The van der Waals surface area contributed by atoms with Gasteiger partial charge in [0.1, 0.15) is 10.2 Å². The smallest absolute Gasteiger partial charge is 0.267 e. The number of aromatic nitrogens is 3. The first-order valence-electron chi connectivity index (χ1n) is 5.31. The molecule has 2 rings (SSSR count). The molecule has 5 nitrogen and oxygen atoms in total. The second kappa shape index (κ2) is 5.30. The zero-order chi connectivity index (χ0) is 13.1. The summed E-state index contributed by atoms with van der Waals surface area (Å²) < 4.78 is 7.10. The summed E-state index contributed by atoms with van der Waals surface area (Å²) in [7, 11) is 1.60. The molecule has 0 saturated heterocycles. The zero-order valence-corrected chi connectivity index (χ0v) is 11.6. The molecule has 6 heteroatoms. The maximum atomic E-state index is 11.8. The van der Waals surface area contributed by atoms with E-state index in [-0.39, 0.29) is 5.56 Å². The highest BCUT2D eigenvalue weighted by Crippen LogP contribution is 2.13. The number of aryl methyl sites for hydroxylation is 1. The van der Waals surface area contributed by atoms with Crippen LogP contribution in [0.25, 0.3) is 0 Å². The van der Waals surface area contributed by atoms with Crippen LogP contribution in [0.5, 0.6) is 5.75 Å². The number of hydrogen-bond donors (Lipinski definition) is 0. The van der Waals surface area contributed by atoms with Crippen molar-refractivity contribution in [2.75, 3.05) is 7.11 Å². The van der Waals surface area contributed by atoms with Crippen LogP contribution in [0.3, 0.4) is 0 Å². The van der Waals surface area contributed by atoms with Crippen LogP contribution in [-0.2, 0) is 6.54 Å². The molecule has 0 saturated carbocycles. The van der Waals surface area contributed by atoms with Crippen molar-refractivity contribution in [2.24, 2.45) is 0 Å². The number of pyridine rings is 1. The number of ether oxygens (including phenoxy) is 1. The van der Waals surface area contributed by atoms with Gasteiger partial charge in [-0.3, -0.25) is 14.3 Å². The summed E-state index contributed by atoms with van der Waals surface area (Å²) in [5.74, 6) is 0.730. The Morgan fingerprint density at radius 1 is 1.44 bits per heavy atom. The standard InChI is InChI=1S/C12H12BrN3O2/c1-8-3-10(18-2)4-9(15-8)6-16-7-14-5-11(13)12(16)17/h3-5,7H,6H2,1-2H3. The fraction of sp³-hybridized carbons (Fsp3) is 0.250. The summed E-state index contributed by atoms with van der Waals surface area (Å²) in [5, 5.41) is 0. The molecule has 0 fully saturated rings. The lowest BCUT2D eigenvalue weighted by Gasteiger charge is -2.08. The SMILES string of the molecule is COc1cc(C)nc(Cn2cncc(Br)c2=O)c1. The molecule has 2 heterocycles. The van der Waals surface area contributed by atoms with Gasteiger partial charge in [0, 0.05) is 24.0 Å². The minimum Gasteiger partial charge on any atom is -0.497 e. The Morgan fingerprint density at radius 2 is 2.22 bits per heavy atom. The second-order valence-electron chi connectivity index (χ2n) is 3.81. The molecule has 0 unspecified atom stereocenters. The molecule has 0 aliphatic rings. The van der Waals surface area contributed by atoms with Crippen LogP contribution in [0.1, 0.15) is 11.4 Å². The number of halogens is 1. The molecule has 0 atom stereocenters. The highest BCUT2D eigenvalue weighted by Gasteiger charge is 2.05. The highest BCUT2D eigenvalue weighted by molar-refractivity contribution is 9.10. The maximum absolute atomic E-state index is 11.8. The monoisotopic (exact) mass is 309 g/mol. The van der Waals surface area contributed by atoms with E-state index in [1.54, 1.807) is 13.2 Å². The maximum Gasteiger partial charge on any atom is 0.267 e. The average Bonchev–Trinajstić information content (AvgIpc) is 2.34. The summed E-state index contributed by atoms with van der Waals surface area (Å²) in [4.78, 5) is 20.2. The van der Waals surface area contributed by atoms with Crippen LogP contribution in [0, 0.1) is 6.92 Å². The van der Waals surface area contributed by atoms with Gasteiger partial charge in [-0.05, 0) is 22.9 Å². The van der Waals surface area contributed by atoms with Gasteiger partial charge < -0.3 is 4.74 Å². The molecule has 0 spiro atoms. The van der Waals surface area contributed by atoms with Gasteiger partial charge in [-0.1, -0.05) is 0 Å². The second-order valence-corrected chi connectivity index (χ2v) is 4.67. The first kappa shape index (κ1) is 12.8. The van der Waals surface area contributed by atoms with E-state index in [0.29, 0.717) is 11.0 Å². The topological polar surface area (TPSA) is 57.0 Å². The van der Waals surface area contributed by atoms with Crippen LogP contribution in [0.4, 0.5) is 0 Å². The van der Waals surface area contributed by atoms with E-state index >= 15 is 0 Å². The van der Waals surface area contributed by atoms with Gasteiger partial charge in [-0.2, -0.15) is 0 Å². The molecule has 2 aromatic rings. The molecule has 0 radical (unpaired) electrons. The van der Waals surface area contributed by atoms with Crippen molar-refractivity contribution in [2.45, 2.75) is 13.5 Å². The third-order valence-corrected chi connectivity index (χ3v) is 2.95. The van der Waals surface area contributed by atoms with E-state index in [0.717, 1.165) is 17.1 Å². The number of hydrogen-bond acceptors (Lipinski definition) is 4. The van der Waals surface area contributed by atoms with E-state index < -0.39 is 0 Å². The van der Waals surface area contributed by atoms with Crippen molar-refractivity contribution in [3.63, 3.8) is 0 Å². The third-order valence-electron chi connectivity index (χ3n) is 2.41. The predicted molar refractivity (Wildman–Crippen MR) is 70.8 cm³/mol. The van der Waals surface area contributed by atoms with Gasteiger partial charge in [-0.25, -0.2) is 4.98 Å². The van der Waals surface area contributed by atoms with E-state index in [1.165, 1.54) is 17.1 Å². The Labute approximate surface area is 113 Å². The Kier molecular flexibility index (Phi) is 3.76. The van der Waals surface area contributed by atoms with Gasteiger partial charge >= 0.3 is 0 Å². The Balaban J connectivity index is 2.37. The van der Waals surface area contributed by atoms with Gasteiger partial charge in [0.25, 0.3) is 5.56 Å². The van der Waals surface area contributed by atoms with Gasteiger partial charge in [0.2, 0.25) is 0 Å². The van der Waals surface area contributed by atoms with E-state index in [4.69, 9.17) is 4.74 Å². The molecule has 0 aliphatic carbocycles. The molecule has 0 amide bonds.